The molecule has 45 heavy (non-hydrogen) atoms. The minimum atomic E-state index is -1.74. The summed E-state index contributed by atoms with van der Waals surface area (Å²) in [6.07, 6.45) is 3.60. The zero-order valence-electron chi connectivity index (χ0n) is 25.2. The fourth-order valence-electron chi connectivity index (χ4n) is 9.51. The summed E-state index contributed by atoms with van der Waals surface area (Å²) in [6, 6.07) is 9.19. The lowest BCUT2D eigenvalue weighted by Gasteiger charge is -2.59. The lowest BCUT2D eigenvalue weighted by molar-refractivity contribution is -0.201. The number of halogens is 2. The Morgan fingerprint density at radius 1 is 1.18 bits per heavy atom. The van der Waals surface area contributed by atoms with E-state index in [0.717, 1.165) is 11.6 Å². The molecule has 4 N–H and O–H groups in total. The molecule has 1 aliphatic heterocycles. The maximum absolute atomic E-state index is 15.9. The number of rotatable bonds is 6. The second-order valence-electron chi connectivity index (χ2n) is 13.6. The smallest absolute Gasteiger partial charge is 0.193 e. The van der Waals surface area contributed by atoms with E-state index in [1.807, 2.05) is 19.9 Å². The van der Waals surface area contributed by atoms with Crippen molar-refractivity contribution in [3.8, 4) is 5.75 Å². The van der Waals surface area contributed by atoms with Crippen molar-refractivity contribution in [2.24, 2.45) is 28.6 Å². The number of carbonyl (C=O) groups excluding carboxylic acids is 2. The van der Waals surface area contributed by atoms with Gasteiger partial charge in [-0.25, -0.2) is 8.78 Å². The van der Waals surface area contributed by atoms with Crippen LogP contribution in [0.3, 0.4) is 0 Å². The molecular formula is C35H37F2NO7. The van der Waals surface area contributed by atoms with Crippen molar-refractivity contribution < 1.29 is 42.8 Å². The van der Waals surface area contributed by atoms with Gasteiger partial charge in [-0.05, 0) is 67.9 Å². The Bertz CT molecular complexity index is 1640. The average molecular weight is 622 g/mol. The highest BCUT2D eigenvalue weighted by Crippen LogP contribution is 2.70. The fourth-order valence-corrected chi connectivity index (χ4v) is 9.51. The number of hydrogen-bond acceptors (Lipinski definition) is 8. The van der Waals surface area contributed by atoms with E-state index in [0.29, 0.717) is 30.5 Å². The van der Waals surface area contributed by atoms with Gasteiger partial charge in [0, 0.05) is 28.0 Å². The van der Waals surface area contributed by atoms with E-state index in [2.05, 4.69) is 0 Å². The zero-order chi connectivity index (χ0) is 31.9. The number of anilines is 1. The highest BCUT2D eigenvalue weighted by molar-refractivity contribution is 6.01. The van der Waals surface area contributed by atoms with Gasteiger partial charge in [0.25, 0.3) is 0 Å². The summed E-state index contributed by atoms with van der Waals surface area (Å²) in [4.78, 5) is 25.9. The normalized spacial score (nSPS) is 38.2. The van der Waals surface area contributed by atoms with Gasteiger partial charge in [-0.2, -0.15) is 0 Å². The number of benzene rings is 2. The summed E-state index contributed by atoms with van der Waals surface area (Å²) >= 11 is 0. The maximum Gasteiger partial charge on any atom is 0.193 e. The molecule has 4 fully saturated rings. The topological polar surface area (TPSA) is 128 Å². The Morgan fingerprint density at radius 2 is 1.96 bits per heavy atom. The van der Waals surface area contributed by atoms with E-state index in [9.17, 15) is 19.8 Å². The second kappa shape index (κ2) is 10.6. The molecule has 2 aromatic carbocycles. The molecule has 0 bridgehead atoms. The van der Waals surface area contributed by atoms with Crippen LogP contribution in [-0.2, 0) is 25.7 Å². The number of carbonyl (C=O) groups is 2. The number of nitrogen functional groups attached to an aromatic ring is 1. The van der Waals surface area contributed by atoms with E-state index in [4.69, 9.17) is 19.9 Å². The van der Waals surface area contributed by atoms with Crippen LogP contribution < -0.4 is 10.5 Å². The quantitative estimate of drug-likeness (QED) is 0.395. The van der Waals surface area contributed by atoms with Gasteiger partial charge in [0.2, 0.25) is 0 Å². The molecule has 7 rings (SSSR count). The molecule has 1 heterocycles. The number of ketones is 2. The summed E-state index contributed by atoms with van der Waals surface area (Å²) in [5, 5.41) is 22.0. The number of Topliss-reactive ketones (excluding diaryl/α,β-unsaturated/α-hetero) is 1. The zero-order valence-corrected chi connectivity index (χ0v) is 25.2. The molecule has 10 heteroatoms. The third-order valence-electron chi connectivity index (χ3n) is 11.6. The van der Waals surface area contributed by atoms with Crippen LogP contribution in [0.1, 0.15) is 56.9 Å². The molecule has 4 aliphatic carbocycles. The Hall–Kier alpha value is -3.44. The Labute approximate surface area is 259 Å². The van der Waals surface area contributed by atoms with Gasteiger partial charge in [-0.3, -0.25) is 9.59 Å². The number of allylic oxidation sites excluding steroid dienone is 4. The summed E-state index contributed by atoms with van der Waals surface area (Å²) in [5.74, 6) is -3.32. The van der Waals surface area contributed by atoms with Crippen LogP contribution >= 0.6 is 0 Å². The van der Waals surface area contributed by atoms with Gasteiger partial charge in [0.15, 0.2) is 35.0 Å². The van der Waals surface area contributed by atoms with Crippen molar-refractivity contribution in [2.75, 3.05) is 12.3 Å². The van der Waals surface area contributed by atoms with Crippen LogP contribution in [0.15, 0.2) is 60.2 Å². The highest BCUT2D eigenvalue weighted by Gasteiger charge is 2.76. The lowest BCUT2D eigenvalue weighted by Crippen LogP contribution is -2.63. The Kier molecular flexibility index (Phi) is 7.09. The maximum atomic E-state index is 15.9. The minimum absolute atomic E-state index is 0.0472. The van der Waals surface area contributed by atoms with E-state index >= 15 is 8.78 Å². The second-order valence-corrected chi connectivity index (χ2v) is 13.6. The first-order valence-corrected chi connectivity index (χ1v) is 15.5. The van der Waals surface area contributed by atoms with Gasteiger partial charge in [-0.1, -0.05) is 43.7 Å². The Balaban J connectivity index is 1.22. The van der Waals surface area contributed by atoms with Crippen molar-refractivity contribution in [1.29, 1.82) is 0 Å². The Morgan fingerprint density at radius 3 is 2.71 bits per heavy atom. The first-order chi connectivity index (χ1) is 21.4. The third kappa shape index (κ3) is 4.22. The summed E-state index contributed by atoms with van der Waals surface area (Å²) in [7, 11) is 0. The lowest BCUT2D eigenvalue weighted by atomic mass is 9.46. The molecule has 0 amide bonds. The van der Waals surface area contributed by atoms with Crippen LogP contribution in [0.25, 0.3) is 0 Å². The molecule has 3 saturated carbocycles. The van der Waals surface area contributed by atoms with Crippen molar-refractivity contribution in [1.82, 2.24) is 0 Å². The predicted octanol–water partition coefficient (Wildman–Crippen LogP) is 4.73. The summed E-state index contributed by atoms with van der Waals surface area (Å²) in [5.41, 5.74) is 4.26. The minimum Gasteiger partial charge on any atom is -0.486 e. The van der Waals surface area contributed by atoms with Gasteiger partial charge in [0.05, 0.1) is 17.8 Å². The van der Waals surface area contributed by atoms with E-state index in [1.54, 1.807) is 36.4 Å². The molecule has 238 valence electrons. The van der Waals surface area contributed by atoms with E-state index in [-0.39, 0.29) is 42.3 Å². The van der Waals surface area contributed by atoms with Crippen LogP contribution in [0, 0.1) is 40.2 Å². The first-order valence-electron chi connectivity index (χ1n) is 15.5. The molecule has 2 aromatic rings. The number of nitrogens with two attached hydrogens (primary N) is 1. The molecule has 1 saturated heterocycles. The van der Waals surface area contributed by atoms with Gasteiger partial charge in [0.1, 0.15) is 19.0 Å². The standard InChI is InChI=1S/C35H37F2NO7/c1-33-12-11-20(40)13-19(33)7-8-21-22-14-28-35(27(42)16-39,34(22,2)15-25(41)30(21)33)45-32(44-28)29-23(36)9-10-26(31(29)37)43-17-18-5-3-4-6-24(18)38/h3-6,9-13,21-22,25,28,30,32,39,41H,7-8,14-17,38H2,1-2H3/t21-,22-,25-,28+,30+,32-,33-,34-,35+/m0/s1. The summed E-state index contributed by atoms with van der Waals surface area (Å²) < 4.78 is 49.6. The number of fused-ring (bicyclic) bond motifs is 7. The molecule has 0 radical (unpaired) electrons. The largest absolute Gasteiger partial charge is 0.486 e. The van der Waals surface area contributed by atoms with Gasteiger partial charge in [-0.15, -0.1) is 0 Å². The average Bonchev–Trinajstić information content (AvgIpc) is 3.50. The molecular weight excluding hydrogens is 584 g/mol. The van der Waals surface area contributed by atoms with E-state index < -0.39 is 64.5 Å². The molecule has 0 unspecified atom stereocenters. The monoisotopic (exact) mass is 621 g/mol. The summed E-state index contributed by atoms with van der Waals surface area (Å²) in [6.45, 7) is 2.99. The SMILES string of the molecule is C[C@]12C=CC(=O)C=C1CC[C@@H]1[C@@H]2[C@@H](O)C[C@@]2(C)[C@H]1C[C@H]1O[C@H](c3c(F)ccc(OCc4ccccc4N)c3F)O[C@]12C(=O)CO. The number of hydrogen-bond donors (Lipinski definition) is 3. The van der Waals surface area contributed by atoms with Crippen molar-refractivity contribution in [2.45, 2.75) is 70.2 Å². The van der Waals surface area contributed by atoms with Gasteiger partial charge >= 0.3 is 0 Å². The molecule has 5 aliphatic rings. The van der Waals surface area contributed by atoms with Crippen molar-refractivity contribution in [3.63, 3.8) is 0 Å². The third-order valence-corrected chi connectivity index (χ3v) is 11.6. The fraction of sp³-hybridized carbons (Fsp3) is 0.486. The number of para-hydroxylation sites is 1. The number of aliphatic hydroxyl groups excluding tert-OH is 2. The highest BCUT2D eigenvalue weighted by atomic mass is 19.1. The number of ether oxygens (including phenoxy) is 3. The molecule has 9 atom stereocenters. The van der Waals surface area contributed by atoms with Crippen LogP contribution in [0.2, 0.25) is 0 Å². The predicted molar refractivity (Wildman–Crippen MR) is 158 cm³/mol. The van der Waals surface area contributed by atoms with Crippen molar-refractivity contribution in [3.05, 3.63) is 83.0 Å². The van der Waals surface area contributed by atoms with Gasteiger partial charge < -0.3 is 30.2 Å². The van der Waals surface area contributed by atoms with E-state index in [1.165, 1.54) is 6.07 Å². The van der Waals surface area contributed by atoms with Crippen molar-refractivity contribution >= 4 is 17.3 Å². The van der Waals surface area contributed by atoms with Crippen LogP contribution in [0.4, 0.5) is 14.5 Å². The molecule has 0 aromatic heterocycles. The van der Waals surface area contributed by atoms with Crippen LogP contribution in [0.5, 0.6) is 5.75 Å². The molecule has 0 spiro atoms. The first kappa shape index (κ1) is 30.2. The molecule has 8 nitrogen and oxygen atoms in total. The van der Waals surface area contributed by atoms with Crippen LogP contribution in [-0.4, -0.2) is 46.2 Å². The number of aliphatic hydroxyl groups is 2.